The minimum atomic E-state index is 0.786. The van der Waals surface area contributed by atoms with Crippen molar-refractivity contribution < 1.29 is 4.74 Å². The summed E-state index contributed by atoms with van der Waals surface area (Å²) in [6.07, 6.45) is 6.15. The van der Waals surface area contributed by atoms with Gasteiger partial charge in [0, 0.05) is 18.0 Å². The third-order valence-corrected chi connectivity index (χ3v) is 2.55. The number of H-pyrrole nitrogens is 1. The molecular weight excluding hydrogens is 198 g/mol. The Bertz CT molecular complexity index is 419. The van der Waals surface area contributed by atoms with Gasteiger partial charge in [0.05, 0.1) is 6.61 Å². The van der Waals surface area contributed by atoms with E-state index < -0.39 is 0 Å². The number of aromatic nitrogens is 1. The molecule has 1 N–H and O–H groups in total. The molecule has 16 heavy (non-hydrogen) atoms. The molecule has 2 rings (SSSR count). The van der Waals surface area contributed by atoms with Crippen LogP contribution >= 0.6 is 0 Å². The number of aromatic amines is 1. The second kappa shape index (κ2) is 5.40. The molecule has 0 aliphatic heterocycles. The Morgan fingerprint density at radius 3 is 2.69 bits per heavy atom. The molecule has 0 saturated carbocycles. The SMILES string of the molecule is CCCCOc1c[nH]cc1-c1ccccc1. The molecule has 1 aromatic heterocycles. The lowest BCUT2D eigenvalue weighted by molar-refractivity contribution is 0.311. The molecule has 2 aromatic rings. The average molecular weight is 215 g/mol. The van der Waals surface area contributed by atoms with Crippen molar-refractivity contribution in [2.24, 2.45) is 0 Å². The maximum Gasteiger partial charge on any atom is 0.144 e. The van der Waals surface area contributed by atoms with Crippen LogP contribution < -0.4 is 4.74 Å². The summed E-state index contributed by atoms with van der Waals surface area (Å²) in [7, 11) is 0. The number of nitrogens with one attached hydrogen (secondary N) is 1. The van der Waals surface area contributed by atoms with Crippen LogP contribution in [0, 0.1) is 0 Å². The van der Waals surface area contributed by atoms with E-state index in [1.54, 1.807) is 0 Å². The van der Waals surface area contributed by atoms with E-state index >= 15 is 0 Å². The summed E-state index contributed by atoms with van der Waals surface area (Å²) >= 11 is 0. The molecule has 0 saturated heterocycles. The zero-order valence-corrected chi connectivity index (χ0v) is 9.57. The average Bonchev–Trinajstić information content (AvgIpc) is 2.79. The van der Waals surface area contributed by atoms with Crippen LogP contribution in [0.5, 0.6) is 5.75 Å². The highest BCUT2D eigenvalue weighted by Gasteiger charge is 2.06. The third kappa shape index (κ3) is 2.45. The molecule has 0 amide bonds. The number of rotatable bonds is 5. The summed E-state index contributed by atoms with van der Waals surface area (Å²) in [6, 6.07) is 10.3. The fourth-order valence-electron chi connectivity index (χ4n) is 1.64. The van der Waals surface area contributed by atoms with E-state index in [0.717, 1.165) is 30.8 Å². The highest BCUT2D eigenvalue weighted by atomic mass is 16.5. The van der Waals surface area contributed by atoms with Crippen molar-refractivity contribution in [2.45, 2.75) is 19.8 Å². The highest BCUT2D eigenvalue weighted by molar-refractivity contribution is 5.69. The van der Waals surface area contributed by atoms with Gasteiger partial charge in [0.25, 0.3) is 0 Å². The van der Waals surface area contributed by atoms with Crippen molar-refractivity contribution in [1.82, 2.24) is 4.98 Å². The van der Waals surface area contributed by atoms with Crippen LogP contribution in [0.3, 0.4) is 0 Å². The van der Waals surface area contributed by atoms with Gasteiger partial charge in [-0.2, -0.15) is 0 Å². The van der Waals surface area contributed by atoms with Gasteiger partial charge in [0.15, 0.2) is 0 Å². The Labute approximate surface area is 96.3 Å². The largest absolute Gasteiger partial charge is 0.491 e. The Hall–Kier alpha value is -1.70. The maximum atomic E-state index is 5.74. The van der Waals surface area contributed by atoms with Gasteiger partial charge in [-0.3, -0.25) is 0 Å². The van der Waals surface area contributed by atoms with Gasteiger partial charge in [-0.1, -0.05) is 43.7 Å². The predicted molar refractivity (Wildman–Crippen MR) is 66.6 cm³/mol. The molecule has 84 valence electrons. The number of unbranched alkanes of at least 4 members (excludes halogenated alkanes) is 1. The summed E-state index contributed by atoms with van der Waals surface area (Å²) in [4.78, 5) is 3.10. The fraction of sp³-hybridized carbons (Fsp3) is 0.286. The predicted octanol–water partition coefficient (Wildman–Crippen LogP) is 3.86. The molecule has 1 aromatic carbocycles. The van der Waals surface area contributed by atoms with E-state index in [1.165, 1.54) is 5.56 Å². The van der Waals surface area contributed by atoms with Gasteiger partial charge in [-0.25, -0.2) is 0 Å². The Kier molecular flexibility index (Phi) is 3.65. The lowest BCUT2D eigenvalue weighted by atomic mass is 10.1. The van der Waals surface area contributed by atoms with Gasteiger partial charge in [0.2, 0.25) is 0 Å². The molecule has 2 heteroatoms. The lowest BCUT2D eigenvalue weighted by Gasteiger charge is -2.06. The highest BCUT2D eigenvalue weighted by Crippen LogP contribution is 2.29. The van der Waals surface area contributed by atoms with Crippen LogP contribution in [0.1, 0.15) is 19.8 Å². The Morgan fingerprint density at radius 1 is 1.12 bits per heavy atom. The molecule has 0 aliphatic rings. The van der Waals surface area contributed by atoms with Gasteiger partial charge in [-0.05, 0) is 12.0 Å². The van der Waals surface area contributed by atoms with Crippen LogP contribution in [0.4, 0.5) is 0 Å². The van der Waals surface area contributed by atoms with Crippen LogP contribution in [0.25, 0.3) is 11.1 Å². The zero-order chi connectivity index (χ0) is 11.2. The van der Waals surface area contributed by atoms with Crippen LogP contribution in [-0.4, -0.2) is 11.6 Å². The monoisotopic (exact) mass is 215 g/mol. The first-order chi connectivity index (χ1) is 7.92. The van der Waals surface area contributed by atoms with Crippen molar-refractivity contribution in [3.8, 4) is 16.9 Å². The zero-order valence-electron chi connectivity index (χ0n) is 9.57. The third-order valence-electron chi connectivity index (χ3n) is 2.55. The molecule has 0 radical (unpaired) electrons. The van der Waals surface area contributed by atoms with E-state index in [0.29, 0.717) is 0 Å². The van der Waals surface area contributed by atoms with Crippen molar-refractivity contribution >= 4 is 0 Å². The summed E-state index contributed by atoms with van der Waals surface area (Å²) in [6.45, 7) is 2.95. The smallest absolute Gasteiger partial charge is 0.144 e. The minimum absolute atomic E-state index is 0.786. The second-order valence-electron chi connectivity index (χ2n) is 3.80. The van der Waals surface area contributed by atoms with Crippen molar-refractivity contribution in [1.29, 1.82) is 0 Å². The van der Waals surface area contributed by atoms with Gasteiger partial charge in [0.1, 0.15) is 5.75 Å². The van der Waals surface area contributed by atoms with E-state index in [-0.39, 0.29) is 0 Å². The Balaban J connectivity index is 2.13. The van der Waals surface area contributed by atoms with Crippen molar-refractivity contribution in [3.63, 3.8) is 0 Å². The van der Waals surface area contributed by atoms with Crippen LogP contribution in [0.15, 0.2) is 42.7 Å². The van der Waals surface area contributed by atoms with E-state index in [2.05, 4.69) is 24.0 Å². The molecule has 1 heterocycles. The minimum Gasteiger partial charge on any atom is -0.491 e. The lowest BCUT2D eigenvalue weighted by Crippen LogP contribution is -1.96. The van der Waals surface area contributed by atoms with Gasteiger partial charge in [-0.15, -0.1) is 0 Å². The summed E-state index contributed by atoms with van der Waals surface area (Å²) < 4.78 is 5.74. The first-order valence-electron chi connectivity index (χ1n) is 5.77. The molecule has 0 aliphatic carbocycles. The van der Waals surface area contributed by atoms with Gasteiger partial charge >= 0.3 is 0 Å². The normalized spacial score (nSPS) is 10.3. The van der Waals surface area contributed by atoms with E-state index in [1.807, 2.05) is 30.6 Å². The first kappa shape index (κ1) is 10.8. The standard InChI is InChI=1S/C14H17NO/c1-2-3-9-16-14-11-15-10-13(14)12-7-5-4-6-8-12/h4-8,10-11,15H,2-3,9H2,1H3. The molecule has 0 spiro atoms. The number of ether oxygens (including phenoxy) is 1. The van der Waals surface area contributed by atoms with Crippen molar-refractivity contribution in [2.75, 3.05) is 6.61 Å². The summed E-state index contributed by atoms with van der Waals surface area (Å²) in [5, 5.41) is 0. The topological polar surface area (TPSA) is 25.0 Å². The number of hydrogen-bond donors (Lipinski definition) is 1. The molecule has 0 fully saturated rings. The quantitative estimate of drug-likeness (QED) is 0.753. The number of benzene rings is 1. The summed E-state index contributed by atoms with van der Waals surface area (Å²) in [5.74, 6) is 0.944. The first-order valence-corrected chi connectivity index (χ1v) is 5.77. The van der Waals surface area contributed by atoms with Crippen LogP contribution in [0.2, 0.25) is 0 Å². The molecule has 2 nitrogen and oxygen atoms in total. The van der Waals surface area contributed by atoms with E-state index in [4.69, 9.17) is 4.74 Å². The van der Waals surface area contributed by atoms with E-state index in [9.17, 15) is 0 Å². The molecular formula is C14H17NO. The van der Waals surface area contributed by atoms with Gasteiger partial charge < -0.3 is 9.72 Å². The molecule has 0 atom stereocenters. The second-order valence-corrected chi connectivity index (χ2v) is 3.80. The van der Waals surface area contributed by atoms with Crippen LogP contribution in [-0.2, 0) is 0 Å². The maximum absolute atomic E-state index is 5.74. The molecule has 0 unspecified atom stereocenters. The Morgan fingerprint density at radius 2 is 1.94 bits per heavy atom. The molecule has 0 bridgehead atoms. The summed E-state index contributed by atoms with van der Waals surface area (Å²) in [5.41, 5.74) is 2.33. The number of hydrogen-bond acceptors (Lipinski definition) is 1. The fourth-order valence-corrected chi connectivity index (χ4v) is 1.64. The van der Waals surface area contributed by atoms with Crippen molar-refractivity contribution in [3.05, 3.63) is 42.7 Å².